The van der Waals surface area contributed by atoms with Crippen LogP contribution in [-0.4, -0.2) is 27.3 Å². The Morgan fingerprint density at radius 2 is 1.96 bits per heavy atom. The summed E-state index contributed by atoms with van der Waals surface area (Å²) in [6, 6.07) is 9.27. The lowest BCUT2D eigenvalue weighted by Gasteiger charge is -2.04. The van der Waals surface area contributed by atoms with Crippen molar-refractivity contribution in [2.24, 2.45) is 0 Å². The number of benzene rings is 1. The molecule has 0 aliphatic heterocycles. The number of thioether (sulfide) groups is 1. The van der Waals surface area contributed by atoms with Crippen LogP contribution in [-0.2, 0) is 0 Å². The van der Waals surface area contributed by atoms with Crippen LogP contribution < -0.4 is 4.74 Å². The van der Waals surface area contributed by atoms with Crippen molar-refractivity contribution in [2.75, 3.05) is 12.4 Å². The van der Waals surface area contributed by atoms with Crippen LogP contribution in [0.4, 0.5) is 0 Å². The molecule has 0 unspecified atom stereocenters. The Labute approximate surface area is 154 Å². The molecule has 24 heavy (non-hydrogen) atoms. The largest absolute Gasteiger partial charge is 0.478 e. The van der Waals surface area contributed by atoms with Crippen molar-refractivity contribution in [2.45, 2.75) is 24.4 Å². The average Bonchev–Trinajstić information content (AvgIpc) is 2.97. The summed E-state index contributed by atoms with van der Waals surface area (Å²) in [5.74, 6) is 1.69. The maximum atomic E-state index is 6.01. The minimum Gasteiger partial charge on any atom is -0.478 e. The van der Waals surface area contributed by atoms with E-state index in [0.29, 0.717) is 22.5 Å². The van der Waals surface area contributed by atoms with Gasteiger partial charge in [-0.25, -0.2) is 9.97 Å². The van der Waals surface area contributed by atoms with Crippen molar-refractivity contribution in [3.05, 3.63) is 46.6 Å². The number of hydrogen-bond acceptors (Lipinski definition) is 4. The van der Waals surface area contributed by atoms with Gasteiger partial charge in [0.25, 0.3) is 0 Å². The summed E-state index contributed by atoms with van der Waals surface area (Å²) in [6.07, 6.45) is 4.97. The van der Waals surface area contributed by atoms with E-state index in [-0.39, 0.29) is 0 Å². The lowest BCUT2D eigenvalue weighted by atomic mass is 10.3. The number of imidazole rings is 1. The van der Waals surface area contributed by atoms with Gasteiger partial charge in [-0.3, -0.25) is 0 Å². The molecule has 2 aromatic heterocycles. The zero-order valence-corrected chi connectivity index (χ0v) is 15.3. The molecule has 126 valence electrons. The van der Waals surface area contributed by atoms with Gasteiger partial charge < -0.3 is 9.72 Å². The normalized spacial score (nSPS) is 11.1. The molecule has 7 heteroatoms. The fraction of sp³-hybridized carbons (Fsp3) is 0.294. The van der Waals surface area contributed by atoms with E-state index in [4.69, 9.17) is 27.9 Å². The molecule has 1 aromatic carbocycles. The highest BCUT2D eigenvalue weighted by molar-refractivity contribution is 7.99. The number of hydrogen-bond donors (Lipinski definition) is 1. The summed E-state index contributed by atoms with van der Waals surface area (Å²) < 4.78 is 5.57. The second-order valence-electron chi connectivity index (χ2n) is 5.25. The van der Waals surface area contributed by atoms with Crippen LogP contribution >= 0.6 is 35.0 Å². The van der Waals surface area contributed by atoms with Crippen LogP contribution in [0.25, 0.3) is 11.0 Å². The smallest absolute Gasteiger partial charge is 0.213 e. The van der Waals surface area contributed by atoms with Gasteiger partial charge in [0.05, 0.1) is 27.7 Å². The Morgan fingerprint density at radius 1 is 1.08 bits per heavy atom. The van der Waals surface area contributed by atoms with Gasteiger partial charge in [0.1, 0.15) is 0 Å². The fourth-order valence-corrected chi connectivity index (χ4v) is 3.42. The number of fused-ring (bicyclic) bond motifs is 1. The highest BCUT2D eigenvalue weighted by atomic mass is 35.5. The Balaban J connectivity index is 1.36. The summed E-state index contributed by atoms with van der Waals surface area (Å²) >= 11 is 13.7. The zero-order valence-electron chi connectivity index (χ0n) is 13.0. The third-order valence-corrected chi connectivity index (χ3v) is 5.10. The highest BCUT2D eigenvalue weighted by Gasteiger charge is 2.07. The van der Waals surface area contributed by atoms with Gasteiger partial charge in [-0.1, -0.05) is 41.0 Å². The number of nitrogens with zero attached hydrogens (tertiary/aromatic N) is 2. The number of aromatic amines is 1. The molecule has 3 aromatic rings. The molecule has 0 bridgehead atoms. The van der Waals surface area contributed by atoms with E-state index in [1.54, 1.807) is 24.0 Å². The van der Waals surface area contributed by atoms with Crippen molar-refractivity contribution in [1.82, 2.24) is 15.0 Å². The molecule has 0 aliphatic rings. The van der Waals surface area contributed by atoms with E-state index in [0.717, 1.165) is 41.2 Å². The van der Waals surface area contributed by atoms with Gasteiger partial charge in [0, 0.05) is 18.0 Å². The maximum Gasteiger partial charge on any atom is 0.213 e. The molecular weight excluding hydrogens is 365 g/mol. The number of aromatic nitrogens is 3. The molecule has 0 spiro atoms. The zero-order chi connectivity index (χ0) is 16.8. The van der Waals surface area contributed by atoms with Crippen LogP contribution in [0.5, 0.6) is 5.88 Å². The topological polar surface area (TPSA) is 50.8 Å². The minimum absolute atomic E-state index is 0.528. The Hall–Kier alpha value is -1.43. The molecule has 0 atom stereocenters. The van der Waals surface area contributed by atoms with Crippen LogP contribution in [0.15, 0.2) is 41.7 Å². The second-order valence-corrected chi connectivity index (χ2v) is 7.15. The summed E-state index contributed by atoms with van der Waals surface area (Å²) in [6.45, 7) is 0.698. The Bertz CT molecular complexity index is 756. The van der Waals surface area contributed by atoms with E-state index in [1.807, 2.05) is 24.3 Å². The van der Waals surface area contributed by atoms with Crippen molar-refractivity contribution < 1.29 is 4.74 Å². The lowest BCUT2D eigenvalue weighted by Crippen LogP contribution is -1.98. The molecule has 4 nitrogen and oxygen atoms in total. The standard InChI is InChI=1S/C17H17Cl2N3OS/c18-12-10-14-15(11-13(12)19)22-17(21-14)24-9-5-1-4-8-23-16-6-2-3-7-20-16/h2-3,6-7,10-11H,1,4-5,8-9H2,(H,21,22). The highest BCUT2D eigenvalue weighted by Crippen LogP contribution is 2.28. The Kier molecular flexibility index (Phi) is 6.24. The number of halogens is 2. The average molecular weight is 382 g/mol. The number of unbranched alkanes of at least 4 members (excludes halogenated alkanes) is 2. The van der Waals surface area contributed by atoms with Gasteiger partial charge in [-0.2, -0.15) is 0 Å². The number of nitrogens with one attached hydrogen (secondary N) is 1. The van der Waals surface area contributed by atoms with Gasteiger partial charge in [0.2, 0.25) is 5.88 Å². The predicted octanol–water partition coefficient (Wildman–Crippen LogP) is 5.61. The van der Waals surface area contributed by atoms with E-state index in [2.05, 4.69) is 15.0 Å². The monoisotopic (exact) mass is 381 g/mol. The predicted molar refractivity (Wildman–Crippen MR) is 100 cm³/mol. The summed E-state index contributed by atoms with van der Waals surface area (Å²) in [5, 5.41) is 1.96. The van der Waals surface area contributed by atoms with Gasteiger partial charge in [0.15, 0.2) is 5.16 Å². The second kappa shape index (κ2) is 8.60. The number of ether oxygens (including phenoxy) is 1. The fourth-order valence-electron chi connectivity index (χ4n) is 2.21. The SMILES string of the molecule is Clc1cc2nc(SCCCCCOc3ccccn3)[nH]c2cc1Cl. The molecule has 3 rings (SSSR count). The summed E-state index contributed by atoms with van der Waals surface area (Å²) in [4.78, 5) is 11.9. The first-order valence-corrected chi connectivity index (χ1v) is 9.48. The van der Waals surface area contributed by atoms with Crippen LogP contribution in [0, 0.1) is 0 Å². The molecule has 0 fully saturated rings. The molecule has 0 saturated heterocycles. The molecule has 0 aliphatic carbocycles. The first-order chi connectivity index (χ1) is 11.7. The van der Waals surface area contributed by atoms with E-state index >= 15 is 0 Å². The third-order valence-electron chi connectivity index (χ3n) is 3.42. The summed E-state index contributed by atoms with van der Waals surface area (Å²) in [5.41, 5.74) is 1.76. The molecule has 0 radical (unpaired) electrons. The van der Waals surface area contributed by atoms with Crippen LogP contribution in [0.3, 0.4) is 0 Å². The number of rotatable bonds is 8. The Morgan fingerprint density at radius 3 is 2.79 bits per heavy atom. The molecular formula is C17H17Cl2N3OS. The van der Waals surface area contributed by atoms with Gasteiger partial charge in [-0.15, -0.1) is 0 Å². The van der Waals surface area contributed by atoms with Crippen LogP contribution in [0.1, 0.15) is 19.3 Å². The van der Waals surface area contributed by atoms with E-state index in [1.165, 1.54) is 0 Å². The number of pyridine rings is 1. The first kappa shape index (κ1) is 17.4. The molecule has 1 N–H and O–H groups in total. The van der Waals surface area contributed by atoms with Crippen molar-refractivity contribution in [1.29, 1.82) is 0 Å². The number of H-pyrrole nitrogens is 1. The van der Waals surface area contributed by atoms with Crippen molar-refractivity contribution in [3.63, 3.8) is 0 Å². The van der Waals surface area contributed by atoms with E-state index < -0.39 is 0 Å². The first-order valence-electron chi connectivity index (χ1n) is 7.74. The van der Waals surface area contributed by atoms with Crippen molar-refractivity contribution >= 4 is 46.0 Å². The third kappa shape index (κ3) is 4.79. The molecule has 0 saturated carbocycles. The van der Waals surface area contributed by atoms with Gasteiger partial charge >= 0.3 is 0 Å². The summed E-state index contributed by atoms with van der Waals surface area (Å²) in [7, 11) is 0. The molecule has 0 amide bonds. The lowest BCUT2D eigenvalue weighted by molar-refractivity contribution is 0.295. The van der Waals surface area contributed by atoms with E-state index in [9.17, 15) is 0 Å². The molecule has 2 heterocycles. The van der Waals surface area contributed by atoms with Gasteiger partial charge in [-0.05, 0) is 37.5 Å². The maximum absolute atomic E-state index is 6.01. The van der Waals surface area contributed by atoms with Crippen molar-refractivity contribution in [3.8, 4) is 5.88 Å². The quantitative estimate of drug-likeness (QED) is 0.407. The minimum atomic E-state index is 0.528. The van der Waals surface area contributed by atoms with Crippen LogP contribution in [0.2, 0.25) is 10.0 Å².